The molecule has 1 aromatic rings. The fourth-order valence-electron chi connectivity index (χ4n) is 3.29. The first-order valence-electron chi connectivity index (χ1n) is 7.42. The molecule has 1 aliphatic rings. The second-order valence-corrected chi connectivity index (χ2v) is 6.59. The van der Waals surface area contributed by atoms with Crippen molar-refractivity contribution in [1.82, 2.24) is 9.78 Å². The average molecular weight is 284 g/mol. The van der Waals surface area contributed by atoms with Crippen LogP contribution in [0.2, 0.25) is 5.02 Å². The molecule has 0 aliphatic heterocycles. The molecule has 19 heavy (non-hydrogen) atoms. The van der Waals surface area contributed by atoms with E-state index in [1.54, 1.807) is 0 Å². The molecule has 3 nitrogen and oxygen atoms in total. The molecule has 2 unspecified atom stereocenters. The highest BCUT2D eigenvalue weighted by atomic mass is 35.5. The summed E-state index contributed by atoms with van der Waals surface area (Å²) in [6, 6.07) is 0. The van der Waals surface area contributed by atoms with Gasteiger partial charge in [-0.2, -0.15) is 5.10 Å². The normalized spacial score (nSPS) is 28.4. The minimum absolute atomic E-state index is 0.103. The van der Waals surface area contributed by atoms with Gasteiger partial charge in [0.05, 0.1) is 16.4 Å². The zero-order chi connectivity index (χ0) is 14.0. The second kappa shape index (κ2) is 5.84. The first-order chi connectivity index (χ1) is 8.95. The fourth-order valence-corrected chi connectivity index (χ4v) is 3.52. The molecule has 0 amide bonds. The summed E-state index contributed by atoms with van der Waals surface area (Å²) in [6.07, 6.45) is 8.15. The first kappa shape index (κ1) is 14.9. The van der Waals surface area contributed by atoms with Gasteiger partial charge in [-0.15, -0.1) is 0 Å². The largest absolute Gasteiger partial charge is 0.325 e. The molecule has 108 valence electrons. The van der Waals surface area contributed by atoms with Crippen molar-refractivity contribution in [2.45, 2.75) is 64.3 Å². The molecule has 1 fully saturated rings. The Morgan fingerprint density at radius 1 is 1.42 bits per heavy atom. The predicted octanol–water partition coefficient (Wildman–Crippen LogP) is 3.61. The van der Waals surface area contributed by atoms with E-state index in [0.717, 1.165) is 41.6 Å². The highest BCUT2D eigenvalue weighted by molar-refractivity contribution is 6.31. The lowest BCUT2D eigenvalue weighted by Gasteiger charge is -2.28. The van der Waals surface area contributed by atoms with Gasteiger partial charge in [0.15, 0.2) is 0 Å². The van der Waals surface area contributed by atoms with E-state index in [9.17, 15) is 0 Å². The maximum absolute atomic E-state index is 6.66. The van der Waals surface area contributed by atoms with Crippen LogP contribution in [0.1, 0.15) is 56.8 Å². The van der Waals surface area contributed by atoms with Gasteiger partial charge in [-0.1, -0.05) is 37.8 Å². The molecule has 2 atom stereocenters. The van der Waals surface area contributed by atoms with Crippen molar-refractivity contribution in [1.29, 1.82) is 0 Å². The summed E-state index contributed by atoms with van der Waals surface area (Å²) in [4.78, 5) is 0. The van der Waals surface area contributed by atoms with Crippen LogP contribution in [0.3, 0.4) is 0 Å². The number of aromatic nitrogens is 2. The van der Waals surface area contributed by atoms with Gasteiger partial charge in [0.1, 0.15) is 0 Å². The number of aryl methyl sites for hydroxylation is 2. The van der Waals surface area contributed by atoms with E-state index in [2.05, 4.69) is 12.0 Å². The van der Waals surface area contributed by atoms with Crippen LogP contribution in [0.25, 0.3) is 0 Å². The van der Waals surface area contributed by atoms with Crippen molar-refractivity contribution >= 4 is 11.6 Å². The maximum Gasteiger partial charge on any atom is 0.0847 e. The van der Waals surface area contributed by atoms with Gasteiger partial charge in [-0.3, -0.25) is 4.68 Å². The van der Waals surface area contributed by atoms with Crippen molar-refractivity contribution in [2.24, 2.45) is 18.7 Å². The molecule has 1 heterocycles. The van der Waals surface area contributed by atoms with Gasteiger partial charge in [0.25, 0.3) is 0 Å². The van der Waals surface area contributed by atoms with Gasteiger partial charge < -0.3 is 5.73 Å². The number of hydrogen-bond acceptors (Lipinski definition) is 2. The number of hydrogen-bond donors (Lipinski definition) is 1. The van der Waals surface area contributed by atoms with Crippen LogP contribution in [0, 0.1) is 12.8 Å². The number of nitrogens with zero attached hydrogens (tertiary/aromatic N) is 2. The van der Waals surface area contributed by atoms with Crippen LogP contribution in [-0.4, -0.2) is 15.3 Å². The Kier molecular flexibility index (Phi) is 4.57. The molecule has 2 N–H and O–H groups in total. The third-order valence-corrected chi connectivity index (χ3v) is 5.19. The predicted molar refractivity (Wildman–Crippen MR) is 80.4 cm³/mol. The van der Waals surface area contributed by atoms with E-state index in [0.29, 0.717) is 0 Å². The molecule has 4 heteroatoms. The molecular weight excluding hydrogens is 258 g/mol. The highest BCUT2D eigenvalue weighted by Crippen LogP contribution is 2.34. The Labute approximate surface area is 121 Å². The Hall–Kier alpha value is -0.540. The lowest BCUT2D eigenvalue weighted by atomic mass is 9.86. The Morgan fingerprint density at radius 3 is 2.74 bits per heavy atom. The zero-order valence-electron chi connectivity index (χ0n) is 12.4. The van der Waals surface area contributed by atoms with E-state index in [4.69, 9.17) is 17.3 Å². The second-order valence-electron chi connectivity index (χ2n) is 6.21. The smallest absolute Gasteiger partial charge is 0.0847 e. The summed E-state index contributed by atoms with van der Waals surface area (Å²) >= 11 is 6.35. The monoisotopic (exact) mass is 283 g/mol. The third-order valence-electron chi connectivity index (χ3n) is 4.70. The van der Waals surface area contributed by atoms with Crippen LogP contribution < -0.4 is 5.73 Å². The summed E-state index contributed by atoms with van der Waals surface area (Å²) in [5, 5.41) is 5.19. The molecule has 2 rings (SSSR count). The van der Waals surface area contributed by atoms with Crippen LogP contribution >= 0.6 is 11.6 Å². The van der Waals surface area contributed by atoms with Crippen molar-refractivity contribution < 1.29 is 0 Å². The van der Waals surface area contributed by atoms with Crippen molar-refractivity contribution in [3.8, 4) is 0 Å². The van der Waals surface area contributed by atoms with Gasteiger partial charge in [0.2, 0.25) is 0 Å². The first-order valence-corrected chi connectivity index (χ1v) is 7.80. The van der Waals surface area contributed by atoms with E-state index >= 15 is 0 Å². The lowest BCUT2D eigenvalue weighted by Crippen LogP contribution is -2.42. The van der Waals surface area contributed by atoms with Gasteiger partial charge >= 0.3 is 0 Å². The average Bonchev–Trinajstić information content (AvgIpc) is 2.56. The number of halogens is 1. The zero-order valence-corrected chi connectivity index (χ0v) is 13.1. The lowest BCUT2D eigenvalue weighted by molar-refractivity contribution is 0.351. The van der Waals surface area contributed by atoms with E-state index in [1.165, 1.54) is 25.7 Å². The van der Waals surface area contributed by atoms with Gasteiger partial charge in [-0.25, -0.2) is 0 Å². The molecule has 1 aromatic heterocycles. The van der Waals surface area contributed by atoms with Crippen molar-refractivity contribution in [3.63, 3.8) is 0 Å². The molecule has 0 aromatic carbocycles. The quantitative estimate of drug-likeness (QED) is 0.861. The van der Waals surface area contributed by atoms with Crippen LogP contribution in [0.5, 0.6) is 0 Å². The number of nitrogens with two attached hydrogens (primary N) is 1. The fraction of sp³-hybridized carbons (Fsp3) is 0.800. The van der Waals surface area contributed by atoms with Crippen molar-refractivity contribution in [2.75, 3.05) is 0 Å². The van der Waals surface area contributed by atoms with E-state index in [-0.39, 0.29) is 5.54 Å². The molecular formula is C15H26ClN3. The van der Waals surface area contributed by atoms with Gasteiger partial charge in [-0.05, 0) is 32.1 Å². The van der Waals surface area contributed by atoms with Crippen LogP contribution in [0.15, 0.2) is 0 Å². The Balaban J connectivity index is 2.12. The minimum Gasteiger partial charge on any atom is -0.325 e. The van der Waals surface area contributed by atoms with Crippen LogP contribution in [-0.2, 0) is 13.5 Å². The molecule has 0 spiro atoms. The standard InChI is InChI=1S/C15H26ClN3/c1-4-12-6-5-8-15(17,9-7-12)10-13-14(16)11(2)18-19(13)3/h12H,4-10,17H2,1-3H3. The molecule has 0 radical (unpaired) electrons. The summed E-state index contributed by atoms with van der Waals surface area (Å²) in [6.45, 7) is 4.24. The Morgan fingerprint density at radius 2 is 2.16 bits per heavy atom. The number of rotatable bonds is 3. The third kappa shape index (κ3) is 3.32. The maximum atomic E-state index is 6.66. The molecule has 1 saturated carbocycles. The summed E-state index contributed by atoms with van der Waals surface area (Å²) in [5.74, 6) is 0.856. The summed E-state index contributed by atoms with van der Waals surface area (Å²) in [5.41, 5.74) is 8.55. The topological polar surface area (TPSA) is 43.8 Å². The van der Waals surface area contributed by atoms with E-state index < -0.39 is 0 Å². The van der Waals surface area contributed by atoms with Crippen LogP contribution in [0.4, 0.5) is 0 Å². The minimum atomic E-state index is -0.103. The Bertz CT molecular complexity index is 441. The van der Waals surface area contributed by atoms with Crippen molar-refractivity contribution in [3.05, 3.63) is 16.4 Å². The van der Waals surface area contributed by atoms with E-state index in [1.807, 2.05) is 18.7 Å². The summed E-state index contributed by atoms with van der Waals surface area (Å²) in [7, 11) is 1.96. The van der Waals surface area contributed by atoms with Gasteiger partial charge in [0, 0.05) is 19.0 Å². The SMILES string of the molecule is CCC1CCCC(N)(Cc2c(Cl)c(C)nn2C)CC1. The molecule has 0 saturated heterocycles. The molecule has 1 aliphatic carbocycles. The highest BCUT2D eigenvalue weighted by Gasteiger charge is 2.31. The summed E-state index contributed by atoms with van der Waals surface area (Å²) < 4.78 is 1.90. The molecule has 0 bridgehead atoms.